The topological polar surface area (TPSA) is 32.3 Å². The Balaban J connectivity index is 2.47. The van der Waals surface area contributed by atoms with E-state index in [0.29, 0.717) is 0 Å². The van der Waals surface area contributed by atoms with Gasteiger partial charge in [-0.05, 0) is 42.6 Å². The smallest absolute Gasteiger partial charge is 0.165 e. The van der Waals surface area contributed by atoms with Crippen LogP contribution in [0.3, 0.4) is 0 Å². The highest BCUT2D eigenvalue weighted by molar-refractivity contribution is 5.39. The molecule has 1 atom stereocenters. The number of benzene rings is 1. The van der Waals surface area contributed by atoms with E-state index in [-0.39, 0.29) is 11.8 Å². The normalized spacial score (nSPS) is 20.6. The van der Waals surface area contributed by atoms with Gasteiger partial charge in [0.2, 0.25) is 0 Å². The van der Waals surface area contributed by atoms with Crippen LogP contribution in [-0.2, 0) is 6.42 Å². The summed E-state index contributed by atoms with van der Waals surface area (Å²) in [7, 11) is 0. The molecule has 0 fully saturated rings. The SMILES string of the molecule is CCC1NCCc2cc(F)c(O)cc21. The zero-order valence-corrected chi connectivity index (χ0v) is 8.18. The van der Waals surface area contributed by atoms with Gasteiger partial charge in [0.05, 0.1) is 0 Å². The maximum Gasteiger partial charge on any atom is 0.165 e. The van der Waals surface area contributed by atoms with Gasteiger partial charge in [-0.2, -0.15) is 0 Å². The monoisotopic (exact) mass is 195 g/mol. The van der Waals surface area contributed by atoms with Crippen LogP contribution in [0.25, 0.3) is 0 Å². The molecule has 1 aliphatic rings. The molecule has 0 saturated heterocycles. The number of rotatable bonds is 1. The van der Waals surface area contributed by atoms with Gasteiger partial charge in [0, 0.05) is 6.04 Å². The zero-order chi connectivity index (χ0) is 10.1. The van der Waals surface area contributed by atoms with E-state index in [2.05, 4.69) is 12.2 Å². The quantitative estimate of drug-likeness (QED) is 0.719. The number of phenolic OH excluding ortho intramolecular Hbond substituents is 1. The number of nitrogens with one attached hydrogen (secondary N) is 1. The van der Waals surface area contributed by atoms with Crippen molar-refractivity contribution in [3.8, 4) is 5.75 Å². The van der Waals surface area contributed by atoms with Crippen molar-refractivity contribution in [3.05, 3.63) is 29.1 Å². The van der Waals surface area contributed by atoms with E-state index in [1.54, 1.807) is 6.07 Å². The van der Waals surface area contributed by atoms with Gasteiger partial charge in [0.25, 0.3) is 0 Å². The molecule has 0 spiro atoms. The Bertz CT molecular complexity index is 351. The average Bonchev–Trinajstić information content (AvgIpc) is 2.19. The van der Waals surface area contributed by atoms with Gasteiger partial charge < -0.3 is 10.4 Å². The average molecular weight is 195 g/mol. The molecule has 76 valence electrons. The molecule has 1 aliphatic heterocycles. The highest BCUT2D eigenvalue weighted by Gasteiger charge is 2.20. The first-order chi connectivity index (χ1) is 6.72. The molecular formula is C11H14FNO. The third-order valence-corrected chi connectivity index (χ3v) is 2.78. The van der Waals surface area contributed by atoms with Crippen molar-refractivity contribution in [2.24, 2.45) is 0 Å². The maximum absolute atomic E-state index is 13.1. The number of hydrogen-bond donors (Lipinski definition) is 2. The first-order valence-corrected chi connectivity index (χ1v) is 4.97. The van der Waals surface area contributed by atoms with E-state index in [1.807, 2.05) is 0 Å². The number of halogens is 1. The summed E-state index contributed by atoms with van der Waals surface area (Å²) in [5.41, 5.74) is 2.06. The molecule has 0 aliphatic carbocycles. The lowest BCUT2D eigenvalue weighted by molar-refractivity contribution is 0.423. The van der Waals surface area contributed by atoms with E-state index >= 15 is 0 Å². The fraction of sp³-hybridized carbons (Fsp3) is 0.455. The summed E-state index contributed by atoms with van der Waals surface area (Å²) in [6.07, 6.45) is 1.79. The van der Waals surface area contributed by atoms with E-state index in [1.165, 1.54) is 6.07 Å². The molecule has 1 aromatic carbocycles. The van der Waals surface area contributed by atoms with Gasteiger partial charge in [-0.15, -0.1) is 0 Å². The summed E-state index contributed by atoms with van der Waals surface area (Å²) in [6, 6.07) is 3.25. The minimum atomic E-state index is -0.513. The Labute approximate surface area is 82.8 Å². The van der Waals surface area contributed by atoms with Crippen LogP contribution in [-0.4, -0.2) is 11.7 Å². The van der Waals surface area contributed by atoms with E-state index in [4.69, 9.17) is 0 Å². The predicted octanol–water partition coefficient (Wildman–Crippen LogP) is 2.13. The van der Waals surface area contributed by atoms with Gasteiger partial charge in [-0.25, -0.2) is 4.39 Å². The number of fused-ring (bicyclic) bond motifs is 1. The second kappa shape index (κ2) is 3.58. The van der Waals surface area contributed by atoms with E-state index in [9.17, 15) is 9.50 Å². The number of aromatic hydroxyl groups is 1. The second-order valence-electron chi connectivity index (χ2n) is 3.67. The minimum Gasteiger partial charge on any atom is -0.505 e. The Kier molecular flexibility index (Phi) is 2.42. The van der Waals surface area contributed by atoms with Crippen molar-refractivity contribution in [1.82, 2.24) is 5.32 Å². The molecule has 2 nitrogen and oxygen atoms in total. The van der Waals surface area contributed by atoms with Gasteiger partial charge >= 0.3 is 0 Å². The molecule has 3 heteroatoms. The molecule has 1 aromatic rings. The van der Waals surface area contributed by atoms with Gasteiger partial charge in [-0.1, -0.05) is 6.92 Å². The number of phenols is 1. The van der Waals surface area contributed by atoms with Gasteiger partial charge in [-0.3, -0.25) is 0 Å². The maximum atomic E-state index is 13.1. The molecule has 0 amide bonds. The zero-order valence-electron chi connectivity index (χ0n) is 8.18. The molecule has 0 bridgehead atoms. The highest BCUT2D eigenvalue weighted by atomic mass is 19.1. The number of hydrogen-bond acceptors (Lipinski definition) is 2. The third kappa shape index (κ3) is 1.48. The Hall–Kier alpha value is -1.09. The Morgan fingerprint density at radius 1 is 1.57 bits per heavy atom. The largest absolute Gasteiger partial charge is 0.505 e. The van der Waals surface area contributed by atoms with Crippen LogP contribution in [0.15, 0.2) is 12.1 Å². The molecule has 14 heavy (non-hydrogen) atoms. The van der Waals surface area contributed by atoms with Crippen molar-refractivity contribution in [2.75, 3.05) is 6.54 Å². The van der Waals surface area contributed by atoms with Crippen molar-refractivity contribution < 1.29 is 9.50 Å². The molecule has 1 heterocycles. The van der Waals surface area contributed by atoms with Crippen LogP contribution in [0.5, 0.6) is 5.75 Å². The van der Waals surface area contributed by atoms with Crippen LogP contribution >= 0.6 is 0 Å². The summed E-state index contributed by atoms with van der Waals surface area (Å²) in [6.45, 7) is 2.96. The van der Waals surface area contributed by atoms with Crippen molar-refractivity contribution in [1.29, 1.82) is 0 Å². The van der Waals surface area contributed by atoms with Crippen LogP contribution in [0.4, 0.5) is 4.39 Å². The molecule has 0 saturated carbocycles. The van der Waals surface area contributed by atoms with Crippen LogP contribution in [0.1, 0.15) is 30.5 Å². The summed E-state index contributed by atoms with van der Waals surface area (Å²) in [4.78, 5) is 0. The molecule has 0 aromatic heterocycles. The van der Waals surface area contributed by atoms with E-state index < -0.39 is 5.82 Å². The lowest BCUT2D eigenvalue weighted by atomic mass is 9.92. The van der Waals surface area contributed by atoms with E-state index in [0.717, 1.165) is 30.5 Å². The predicted molar refractivity (Wildman–Crippen MR) is 52.8 cm³/mol. The summed E-state index contributed by atoms with van der Waals surface area (Å²) < 4.78 is 13.1. The van der Waals surface area contributed by atoms with Crippen molar-refractivity contribution in [2.45, 2.75) is 25.8 Å². The molecule has 2 N–H and O–H groups in total. The summed E-state index contributed by atoms with van der Waals surface area (Å²) in [5.74, 6) is -0.758. The lowest BCUT2D eigenvalue weighted by Gasteiger charge is -2.26. The fourth-order valence-electron chi connectivity index (χ4n) is 2.02. The van der Waals surface area contributed by atoms with Gasteiger partial charge in [0.15, 0.2) is 11.6 Å². The van der Waals surface area contributed by atoms with Crippen molar-refractivity contribution >= 4 is 0 Å². The first-order valence-electron chi connectivity index (χ1n) is 4.97. The third-order valence-electron chi connectivity index (χ3n) is 2.78. The highest BCUT2D eigenvalue weighted by Crippen LogP contribution is 2.30. The fourth-order valence-corrected chi connectivity index (χ4v) is 2.02. The Morgan fingerprint density at radius 2 is 2.36 bits per heavy atom. The lowest BCUT2D eigenvalue weighted by Crippen LogP contribution is -2.29. The van der Waals surface area contributed by atoms with Crippen LogP contribution < -0.4 is 5.32 Å². The molecule has 1 unspecified atom stereocenters. The van der Waals surface area contributed by atoms with Crippen LogP contribution in [0, 0.1) is 5.82 Å². The minimum absolute atomic E-state index is 0.245. The van der Waals surface area contributed by atoms with Gasteiger partial charge in [0.1, 0.15) is 0 Å². The Morgan fingerprint density at radius 3 is 3.07 bits per heavy atom. The first kappa shape index (κ1) is 9.46. The van der Waals surface area contributed by atoms with Crippen LogP contribution in [0.2, 0.25) is 0 Å². The molecule has 0 radical (unpaired) electrons. The summed E-state index contributed by atoms with van der Waals surface area (Å²) in [5, 5.41) is 12.6. The second-order valence-corrected chi connectivity index (χ2v) is 3.67. The molecular weight excluding hydrogens is 181 g/mol. The van der Waals surface area contributed by atoms with Crippen molar-refractivity contribution in [3.63, 3.8) is 0 Å². The standard InChI is InChI=1S/C11H14FNO/c1-2-10-8-6-11(14)9(12)5-7(8)3-4-13-10/h5-6,10,13-14H,2-4H2,1H3. The molecule has 2 rings (SSSR count). The summed E-state index contributed by atoms with van der Waals surface area (Å²) >= 11 is 0.